The minimum atomic E-state index is -4.03. The summed E-state index contributed by atoms with van der Waals surface area (Å²) >= 11 is 0. The van der Waals surface area contributed by atoms with Crippen LogP contribution in [-0.2, 0) is 19.6 Å². The molecule has 0 heterocycles. The fraction of sp³-hybridized carbons (Fsp3) is 0.231. The van der Waals surface area contributed by atoms with Gasteiger partial charge in [-0.3, -0.25) is 9.10 Å². The van der Waals surface area contributed by atoms with Crippen LogP contribution in [-0.4, -0.2) is 33.9 Å². The standard InChI is InChI=1S/C26H28N2O5S/c1-17-6-10-23(11-7-17)34(31,32)28(22-13-18(2)12-19(3)14-22)16-25(29)27-24-15-21(26(30)33-5)9-8-20(24)4/h6-15H,16H2,1-5H3,(H,27,29). The molecular formula is C26H28N2O5S. The van der Waals surface area contributed by atoms with Crippen LogP contribution >= 0.6 is 0 Å². The second-order valence-electron chi connectivity index (χ2n) is 8.24. The summed E-state index contributed by atoms with van der Waals surface area (Å²) in [4.78, 5) is 25.0. The van der Waals surface area contributed by atoms with Crippen molar-refractivity contribution in [2.24, 2.45) is 0 Å². The fourth-order valence-electron chi connectivity index (χ4n) is 3.57. The van der Waals surface area contributed by atoms with Crippen molar-refractivity contribution >= 4 is 33.3 Å². The summed E-state index contributed by atoms with van der Waals surface area (Å²) in [6.07, 6.45) is 0. The molecule has 0 unspecified atom stereocenters. The Labute approximate surface area is 200 Å². The first-order valence-corrected chi connectivity index (χ1v) is 12.1. The normalized spacial score (nSPS) is 11.1. The van der Waals surface area contributed by atoms with E-state index in [9.17, 15) is 18.0 Å². The first kappa shape index (κ1) is 25.0. The van der Waals surface area contributed by atoms with Crippen LogP contribution in [0.5, 0.6) is 0 Å². The van der Waals surface area contributed by atoms with Crippen molar-refractivity contribution in [2.75, 3.05) is 23.3 Å². The lowest BCUT2D eigenvalue weighted by Crippen LogP contribution is -2.38. The van der Waals surface area contributed by atoms with Crippen LogP contribution < -0.4 is 9.62 Å². The maximum Gasteiger partial charge on any atom is 0.337 e. The molecule has 0 radical (unpaired) electrons. The van der Waals surface area contributed by atoms with Gasteiger partial charge in [0, 0.05) is 5.69 Å². The van der Waals surface area contributed by atoms with Gasteiger partial charge in [-0.05, 0) is 80.8 Å². The molecule has 7 nitrogen and oxygen atoms in total. The summed E-state index contributed by atoms with van der Waals surface area (Å²) in [6, 6.07) is 16.7. The number of anilines is 2. The number of ether oxygens (including phenoxy) is 1. The molecule has 1 N–H and O–H groups in total. The molecule has 0 aliphatic rings. The topological polar surface area (TPSA) is 92.8 Å². The third-order valence-corrected chi connectivity index (χ3v) is 7.11. The highest BCUT2D eigenvalue weighted by Crippen LogP contribution is 2.26. The van der Waals surface area contributed by atoms with Gasteiger partial charge < -0.3 is 10.1 Å². The van der Waals surface area contributed by atoms with Crippen molar-refractivity contribution in [3.8, 4) is 0 Å². The molecule has 0 fully saturated rings. The van der Waals surface area contributed by atoms with Crippen molar-refractivity contribution in [3.05, 3.63) is 88.5 Å². The molecule has 3 rings (SSSR count). The highest BCUT2D eigenvalue weighted by molar-refractivity contribution is 7.92. The number of aryl methyl sites for hydroxylation is 4. The molecule has 0 atom stereocenters. The number of amides is 1. The molecule has 8 heteroatoms. The van der Waals surface area contributed by atoms with Crippen LogP contribution in [0.1, 0.15) is 32.6 Å². The molecule has 0 saturated heterocycles. The number of methoxy groups -OCH3 is 1. The van der Waals surface area contributed by atoms with Gasteiger partial charge in [0.25, 0.3) is 10.0 Å². The van der Waals surface area contributed by atoms with Gasteiger partial charge in [-0.1, -0.05) is 29.8 Å². The average Bonchev–Trinajstić information content (AvgIpc) is 2.78. The number of benzene rings is 3. The summed E-state index contributed by atoms with van der Waals surface area (Å²) in [5, 5.41) is 2.74. The number of carbonyl (C=O) groups is 2. The molecule has 0 saturated carbocycles. The Bertz CT molecular complexity index is 1310. The van der Waals surface area contributed by atoms with E-state index in [4.69, 9.17) is 4.74 Å². The zero-order valence-electron chi connectivity index (χ0n) is 19.9. The molecule has 1 amide bonds. The number of hydrogen-bond acceptors (Lipinski definition) is 5. The average molecular weight is 481 g/mol. The molecule has 3 aromatic rings. The molecule has 34 heavy (non-hydrogen) atoms. The Balaban J connectivity index is 1.99. The van der Waals surface area contributed by atoms with E-state index in [0.717, 1.165) is 26.6 Å². The number of sulfonamides is 1. The van der Waals surface area contributed by atoms with Gasteiger partial charge in [-0.25, -0.2) is 13.2 Å². The zero-order valence-corrected chi connectivity index (χ0v) is 20.7. The maximum absolute atomic E-state index is 13.6. The van der Waals surface area contributed by atoms with Crippen LogP contribution in [0.3, 0.4) is 0 Å². The van der Waals surface area contributed by atoms with Crippen LogP contribution in [0, 0.1) is 27.7 Å². The van der Waals surface area contributed by atoms with Gasteiger partial charge in [-0.2, -0.15) is 0 Å². The van der Waals surface area contributed by atoms with E-state index < -0.39 is 28.4 Å². The molecule has 0 spiro atoms. The van der Waals surface area contributed by atoms with E-state index in [0.29, 0.717) is 11.4 Å². The number of hydrogen-bond donors (Lipinski definition) is 1. The third-order valence-electron chi connectivity index (χ3n) is 5.32. The molecule has 178 valence electrons. The van der Waals surface area contributed by atoms with E-state index in [1.165, 1.54) is 25.3 Å². The second-order valence-corrected chi connectivity index (χ2v) is 10.1. The van der Waals surface area contributed by atoms with Crippen LogP contribution in [0.2, 0.25) is 0 Å². The van der Waals surface area contributed by atoms with Crippen molar-refractivity contribution in [1.82, 2.24) is 0 Å². The number of esters is 1. The Morgan fingerprint density at radius 3 is 2.06 bits per heavy atom. The van der Waals surface area contributed by atoms with Crippen LogP contribution in [0.4, 0.5) is 11.4 Å². The van der Waals surface area contributed by atoms with E-state index in [1.807, 2.05) is 26.8 Å². The number of nitrogens with zero attached hydrogens (tertiary/aromatic N) is 1. The lowest BCUT2D eigenvalue weighted by molar-refractivity contribution is -0.114. The molecule has 0 bridgehead atoms. The summed E-state index contributed by atoms with van der Waals surface area (Å²) in [6.45, 7) is 6.95. The van der Waals surface area contributed by atoms with Crippen molar-refractivity contribution in [2.45, 2.75) is 32.6 Å². The largest absolute Gasteiger partial charge is 0.465 e. The van der Waals surface area contributed by atoms with Crippen molar-refractivity contribution < 1.29 is 22.7 Å². The van der Waals surface area contributed by atoms with Crippen molar-refractivity contribution in [1.29, 1.82) is 0 Å². The van der Waals surface area contributed by atoms with Crippen LogP contribution in [0.25, 0.3) is 0 Å². The highest BCUT2D eigenvalue weighted by Gasteiger charge is 2.28. The minimum Gasteiger partial charge on any atom is -0.465 e. The highest BCUT2D eigenvalue weighted by atomic mass is 32.2. The Morgan fingerprint density at radius 1 is 0.853 bits per heavy atom. The fourth-order valence-corrected chi connectivity index (χ4v) is 4.97. The lowest BCUT2D eigenvalue weighted by atomic mass is 10.1. The predicted octanol–water partition coefficient (Wildman–Crippen LogP) is 4.54. The third kappa shape index (κ3) is 5.63. The van der Waals surface area contributed by atoms with Crippen molar-refractivity contribution in [3.63, 3.8) is 0 Å². The van der Waals surface area contributed by atoms with E-state index >= 15 is 0 Å². The van der Waals surface area contributed by atoms with Gasteiger partial charge in [0.05, 0.1) is 23.3 Å². The summed E-state index contributed by atoms with van der Waals surface area (Å²) < 4.78 is 33.0. The number of rotatable bonds is 7. The molecule has 3 aromatic carbocycles. The van der Waals surface area contributed by atoms with Gasteiger partial charge in [0.2, 0.25) is 5.91 Å². The zero-order chi connectivity index (χ0) is 25.0. The molecule has 0 aliphatic carbocycles. The van der Waals surface area contributed by atoms with Gasteiger partial charge in [0.1, 0.15) is 6.54 Å². The minimum absolute atomic E-state index is 0.0916. The van der Waals surface area contributed by atoms with Gasteiger partial charge in [0.15, 0.2) is 0 Å². The van der Waals surface area contributed by atoms with Gasteiger partial charge in [-0.15, -0.1) is 0 Å². The Hall–Kier alpha value is -3.65. The number of carbonyl (C=O) groups excluding carboxylic acids is 2. The maximum atomic E-state index is 13.6. The lowest BCUT2D eigenvalue weighted by Gasteiger charge is -2.25. The quantitative estimate of drug-likeness (QED) is 0.501. The van der Waals surface area contributed by atoms with E-state index in [2.05, 4.69) is 5.32 Å². The summed E-state index contributed by atoms with van der Waals surface area (Å²) in [5.74, 6) is -1.07. The van der Waals surface area contributed by atoms with Gasteiger partial charge >= 0.3 is 5.97 Å². The predicted molar refractivity (Wildman–Crippen MR) is 133 cm³/mol. The monoisotopic (exact) mass is 480 g/mol. The number of nitrogens with one attached hydrogen (secondary N) is 1. The Morgan fingerprint density at radius 2 is 1.47 bits per heavy atom. The first-order valence-electron chi connectivity index (χ1n) is 10.7. The summed E-state index contributed by atoms with van der Waals surface area (Å²) in [7, 11) is -2.75. The molecule has 0 aromatic heterocycles. The van der Waals surface area contributed by atoms with Crippen LogP contribution in [0.15, 0.2) is 65.6 Å². The molecular weight excluding hydrogens is 452 g/mol. The summed E-state index contributed by atoms with van der Waals surface area (Å²) in [5.41, 5.74) is 4.48. The second kappa shape index (κ2) is 10.1. The SMILES string of the molecule is COC(=O)c1ccc(C)c(NC(=O)CN(c2cc(C)cc(C)c2)S(=O)(=O)c2ccc(C)cc2)c1. The molecule has 0 aliphatic heterocycles. The first-order chi connectivity index (χ1) is 16.0. The van der Waals surface area contributed by atoms with E-state index in [-0.39, 0.29) is 10.5 Å². The van der Waals surface area contributed by atoms with E-state index in [1.54, 1.807) is 43.3 Å². The smallest absolute Gasteiger partial charge is 0.337 e. The Kier molecular flexibility index (Phi) is 7.41.